The van der Waals surface area contributed by atoms with Crippen molar-refractivity contribution < 1.29 is 19.4 Å². The summed E-state index contributed by atoms with van der Waals surface area (Å²) in [5, 5.41) is 11.6. The van der Waals surface area contributed by atoms with E-state index in [9.17, 15) is 9.59 Å². The summed E-state index contributed by atoms with van der Waals surface area (Å²) in [6, 6.07) is 2.76. The van der Waals surface area contributed by atoms with Crippen molar-refractivity contribution >= 4 is 27.8 Å². The van der Waals surface area contributed by atoms with Crippen LogP contribution >= 0.6 is 15.9 Å². The molecule has 2 rings (SSSR count). The van der Waals surface area contributed by atoms with Gasteiger partial charge in [-0.15, -0.1) is 0 Å². The van der Waals surface area contributed by atoms with E-state index < -0.39 is 17.9 Å². The third kappa shape index (κ3) is 2.85. The van der Waals surface area contributed by atoms with Gasteiger partial charge in [-0.3, -0.25) is 9.59 Å². The topological polar surface area (TPSA) is 88.5 Å². The molecule has 0 aliphatic carbocycles. The number of nitrogens with zero attached hydrogens (tertiary/aromatic N) is 1. The Morgan fingerprint density at radius 3 is 2.83 bits per heavy atom. The highest BCUT2D eigenvalue weighted by Gasteiger charge is 2.35. The number of carboxylic acid groups (broad SMARTS) is 1. The lowest BCUT2D eigenvalue weighted by Crippen LogP contribution is -2.42. The van der Waals surface area contributed by atoms with Gasteiger partial charge >= 0.3 is 5.97 Å². The van der Waals surface area contributed by atoms with Crippen LogP contribution in [0.25, 0.3) is 0 Å². The molecule has 2 unspecified atom stereocenters. The van der Waals surface area contributed by atoms with E-state index in [0.29, 0.717) is 10.2 Å². The van der Waals surface area contributed by atoms with Gasteiger partial charge in [0.1, 0.15) is 10.5 Å². The van der Waals surface area contributed by atoms with Crippen molar-refractivity contribution in [2.24, 2.45) is 5.92 Å². The van der Waals surface area contributed by atoms with Crippen LogP contribution in [0.2, 0.25) is 0 Å². The third-order valence-electron chi connectivity index (χ3n) is 2.70. The number of aliphatic carboxylic acids is 1. The van der Waals surface area contributed by atoms with Crippen LogP contribution in [0.15, 0.2) is 22.9 Å². The number of pyridine rings is 1. The van der Waals surface area contributed by atoms with Crippen molar-refractivity contribution in [3.8, 4) is 0 Å². The molecule has 6 nitrogen and oxygen atoms in total. The highest BCUT2D eigenvalue weighted by molar-refractivity contribution is 9.10. The number of carbonyl (C=O) groups excluding carboxylic acids is 1. The van der Waals surface area contributed by atoms with Crippen molar-refractivity contribution in [1.29, 1.82) is 0 Å². The van der Waals surface area contributed by atoms with Crippen LogP contribution in [0.3, 0.4) is 0 Å². The number of amides is 1. The summed E-state index contributed by atoms with van der Waals surface area (Å²) in [6.45, 7) is 0.339. The lowest BCUT2D eigenvalue weighted by molar-refractivity contribution is -0.142. The Bertz CT molecular complexity index is 463. The fraction of sp³-hybridized carbons (Fsp3) is 0.364. The van der Waals surface area contributed by atoms with Gasteiger partial charge < -0.3 is 15.2 Å². The molecule has 1 aromatic heterocycles. The lowest BCUT2D eigenvalue weighted by atomic mass is 10.0. The number of carboxylic acids is 1. The molecule has 1 aliphatic rings. The van der Waals surface area contributed by atoms with Crippen molar-refractivity contribution in [2.45, 2.75) is 6.04 Å². The Hall–Kier alpha value is -1.47. The molecule has 2 heterocycles. The predicted molar refractivity (Wildman–Crippen MR) is 65.1 cm³/mol. The average Bonchev–Trinajstić information content (AvgIpc) is 2.78. The second-order valence-electron chi connectivity index (χ2n) is 3.93. The quantitative estimate of drug-likeness (QED) is 0.801. The zero-order valence-corrected chi connectivity index (χ0v) is 10.9. The first-order valence-corrected chi connectivity index (χ1v) is 6.10. The molecule has 7 heteroatoms. The highest BCUT2D eigenvalue weighted by atomic mass is 79.9. The lowest BCUT2D eigenvalue weighted by Gasteiger charge is -2.15. The first-order valence-electron chi connectivity index (χ1n) is 5.31. The number of ether oxygens (including phenoxy) is 1. The van der Waals surface area contributed by atoms with Gasteiger partial charge in [0.25, 0.3) is 5.91 Å². The second kappa shape index (κ2) is 5.45. The molecule has 0 radical (unpaired) electrons. The summed E-state index contributed by atoms with van der Waals surface area (Å²) in [5.74, 6) is -2.01. The summed E-state index contributed by atoms with van der Waals surface area (Å²) in [5.41, 5.74) is 0.384. The van der Waals surface area contributed by atoms with Crippen LogP contribution in [0.1, 0.15) is 10.4 Å². The zero-order valence-electron chi connectivity index (χ0n) is 9.30. The van der Waals surface area contributed by atoms with E-state index in [-0.39, 0.29) is 19.1 Å². The van der Waals surface area contributed by atoms with Gasteiger partial charge in [0, 0.05) is 6.20 Å². The fourth-order valence-electron chi connectivity index (χ4n) is 1.70. The molecule has 2 atom stereocenters. The molecule has 1 fully saturated rings. The van der Waals surface area contributed by atoms with Crippen LogP contribution in [-0.4, -0.2) is 41.2 Å². The van der Waals surface area contributed by atoms with E-state index in [4.69, 9.17) is 9.84 Å². The van der Waals surface area contributed by atoms with Crippen molar-refractivity contribution in [3.05, 3.63) is 28.5 Å². The van der Waals surface area contributed by atoms with Gasteiger partial charge in [-0.25, -0.2) is 4.98 Å². The Labute approximate surface area is 111 Å². The molecule has 0 saturated carbocycles. The smallest absolute Gasteiger partial charge is 0.311 e. The molecule has 0 aromatic carbocycles. The largest absolute Gasteiger partial charge is 0.481 e. The van der Waals surface area contributed by atoms with Gasteiger partial charge in [0.05, 0.1) is 24.8 Å². The van der Waals surface area contributed by atoms with E-state index >= 15 is 0 Å². The van der Waals surface area contributed by atoms with E-state index in [1.54, 1.807) is 12.1 Å². The number of carbonyl (C=O) groups is 2. The van der Waals surface area contributed by atoms with E-state index in [1.807, 2.05) is 0 Å². The van der Waals surface area contributed by atoms with Gasteiger partial charge in [-0.05, 0) is 28.1 Å². The summed E-state index contributed by atoms with van der Waals surface area (Å²) in [4.78, 5) is 26.7. The average molecular weight is 315 g/mol. The molecule has 1 amide bonds. The monoisotopic (exact) mass is 314 g/mol. The minimum atomic E-state index is -0.966. The van der Waals surface area contributed by atoms with Crippen LogP contribution in [0.4, 0.5) is 0 Å². The predicted octanol–water partition coefficient (Wildman–Crippen LogP) is 0.673. The Morgan fingerprint density at radius 2 is 2.22 bits per heavy atom. The summed E-state index contributed by atoms with van der Waals surface area (Å²) >= 11 is 3.17. The summed E-state index contributed by atoms with van der Waals surface area (Å²) in [6.07, 6.45) is 1.42. The van der Waals surface area contributed by atoms with Gasteiger partial charge in [0.2, 0.25) is 0 Å². The van der Waals surface area contributed by atoms with E-state index in [0.717, 1.165) is 0 Å². The molecular formula is C11H11BrN2O4. The van der Waals surface area contributed by atoms with Crippen molar-refractivity contribution in [1.82, 2.24) is 10.3 Å². The van der Waals surface area contributed by atoms with Gasteiger partial charge in [-0.2, -0.15) is 0 Å². The minimum Gasteiger partial charge on any atom is -0.481 e. The number of halogens is 1. The van der Waals surface area contributed by atoms with Crippen LogP contribution < -0.4 is 5.32 Å². The maximum Gasteiger partial charge on any atom is 0.311 e. The van der Waals surface area contributed by atoms with Crippen molar-refractivity contribution in [3.63, 3.8) is 0 Å². The van der Waals surface area contributed by atoms with Crippen molar-refractivity contribution in [2.75, 3.05) is 13.2 Å². The molecule has 0 bridgehead atoms. The SMILES string of the molecule is O=C(NC1COCC1C(=O)O)c1ccc(Br)nc1. The maximum absolute atomic E-state index is 11.9. The number of hydrogen-bond acceptors (Lipinski definition) is 4. The Kier molecular flexibility index (Phi) is 3.93. The normalized spacial score (nSPS) is 22.7. The first kappa shape index (κ1) is 13.0. The fourth-order valence-corrected chi connectivity index (χ4v) is 1.94. The zero-order chi connectivity index (χ0) is 13.1. The van der Waals surface area contributed by atoms with E-state index in [1.165, 1.54) is 6.20 Å². The number of nitrogens with one attached hydrogen (secondary N) is 1. The number of aromatic nitrogens is 1. The van der Waals surface area contributed by atoms with Gasteiger partial charge in [0.15, 0.2) is 0 Å². The molecule has 2 N–H and O–H groups in total. The Balaban J connectivity index is 2.03. The van der Waals surface area contributed by atoms with Crippen LogP contribution in [-0.2, 0) is 9.53 Å². The third-order valence-corrected chi connectivity index (χ3v) is 3.17. The number of rotatable bonds is 3. The van der Waals surface area contributed by atoms with Crippen LogP contribution in [0.5, 0.6) is 0 Å². The second-order valence-corrected chi connectivity index (χ2v) is 4.74. The summed E-state index contributed by atoms with van der Waals surface area (Å²) < 4.78 is 5.70. The van der Waals surface area contributed by atoms with Crippen LogP contribution in [0, 0.1) is 5.92 Å². The molecule has 18 heavy (non-hydrogen) atoms. The highest BCUT2D eigenvalue weighted by Crippen LogP contribution is 2.15. The molecule has 1 saturated heterocycles. The number of hydrogen-bond donors (Lipinski definition) is 2. The molecular weight excluding hydrogens is 304 g/mol. The standard InChI is InChI=1S/C11H11BrN2O4/c12-9-2-1-6(3-13-9)10(15)14-8-5-18-4-7(8)11(16)17/h1-3,7-8H,4-5H2,(H,14,15)(H,16,17). The van der Waals surface area contributed by atoms with E-state index in [2.05, 4.69) is 26.2 Å². The first-order chi connectivity index (χ1) is 8.58. The molecule has 1 aromatic rings. The maximum atomic E-state index is 11.9. The minimum absolute atomic E-state index is 0.124. The summed E-state index contributed by atoms with van der Waals surface area (Å²) in [7, 11) is 0. The molecule has 1 aliphatic heterocycles. The Morgan fingerprint density at radius 1 is 1.44 bits per heavy atom. The van der Waals surface area contributed by atoms with Gasteiger partial charge in [-0.1, -0.05) is 0 Å². The molecule has 0 spiro atoms. The molecule has 96 valence electrons.